The monoisotopic (exact) mass is 221 g/mol. The smallest absolute Gasteiger partial charge is 0.0733 e. The third kappa shape index (κ3) is 1.33. The number of aryl methyl sites for hydroxylation is 1. The third-order valence-electron chi connectivity index (χ3n) is 4.20. The molecular formula is C12H19N3O. The van der Waals surface area contributed by atoms with Gasteiger partial charge in [0.25, 0.3) is 0 Å². The first kappa shape index (κ1) is 10.3. The van der Waals surface area contributed by atoms with Crippen molar-refractivity contribution in [2.24, 2.45) is 5.73 Å². The Bertz CT molecular complexity index is 393. The molecule has 1 fully saturated rings. The van der Waals surface area contributed by atoms with Crippen molar-refractivity contribution in [3.8, 4) is 0 Å². The molecular weight excluding hydrogens is 202 g/mol. The average molecular weight is 221 g/mol. The van der Waals surface area contributed by atoms with Gasteiger partial charge in [0.1, 0.15) is 0 Å². The summed E-state index contributed by atoms with van der Waals surface area (Å²) >= 11 is 0. The van der Waals surface area contributed by atoms with Gasteiger partial charge in [-0.15, -0.1) is 0 Å². The van der Waals surface area contributed by atoms with Crippen LogP contribution in [0, 0.1) is 0 Å². The third-order valence-corrected chi connectivity index (χ3v) is 4.20. The van der Waals surface area contributed by atoms with E-state index in [9.17, 15) is 5.11 Å². The largest absolute Gasteiger partial charge is 0.393 e. The summed E-state index contributed by atoms with van der Waals surface area (Å²) in [6, 6.07) is 0. The van der Waals surface area contributed by atoms with Gasteiger partial charge in [0.2, 0.25) is 0 Å². The standard InChI is InChI=1S/C12H19N3O/c13-7-12(5-8(16)6-12)11-9-3-1-2-4-10(9)14-15-11/h8,16H,1-7,13H2,(H,14,15). The summed E-state index contributed by atoms with van der Waals surface area (Å²) in [6.07, 6.45) is 6.13. The fraction of sp³-hybridized carbons (Fsp3) is 0.750. The second-order valence-electron chi connectivity index (χ2n) is 5.28. The molecule has 4 nitrogen and oxygen atoms in total. The molecule has 0 aliphatic heterocycles. The van der Waals surface area contributed by atoms with Crippen LogP contribution in [0.5, 0.6) is 0 Å². The van der Waals surface area contributed by atoms with E-state index in [4.69, 9.17) is 5.73 Å². The van der Waals surface area contributed by atoms with Gasteiger partial charge >= 0.3 is 0 Å². The van der Waals surface area contributed by atoms with E-state index < -0.39 is 0 Å². The van der Waals surface area contributed by atoms with Crippen LogP contribution < -0.4 is 5.73 Å². The van der Waals surface area contributed by atoms with Crippen molar-refractivity contribution < 1.29 is 5.11 Å². The summed E-state index contributed by atoms with van der Waals surface area (Å²) in [4.78, 5) is 0. The molecule has 16 heavy (non-hydrogen) atoms. The van der Waals surface area contributed by atoms with E-state index in [1.54, 1.807) is 0 Å². The second kappa shape index (κ2) is 3.57. The molecule has 0 atom stereocenters. The molecule has 1 saturated carbocycles. The van der Waals surface area contributed by atoms with Gasteiger partial charge in [-0.25, -0.2) is 0 Å². The molecule has 1 aromatic rings. The van der Waals surface area contributed by atoms with Crippen molar-refractivity contribution in [2.45, 2.75) is 50.0 Å². The highest BCUT2D eigenvalue weighted by molar-refractivity contribution is 5.36. The van der Waals surface area contributed by atoms with Crippen molar-refractivity contribution in [3.63, 3.8) is 0 Å². The number of aliphatic hydroxyl groups is 1. The maximum Gasteiger partial charge on any atom is 0.0733 e. The van der Waals surface area contributed by atoms with Crippen molar-refractivity contribution >= 4 is 0 Å². The molecule has 3 rings (SSSR count). The number of hydrogen-bond acceptors (Lipinski definition) is 3. The van der Waals surface area contributed by atoms with E-state index in [1.165, 1.54) is 24.1 Å². The number of rotatable bonds is 2. The highest BCUT2D eigenvalue weighted by Gasteiger charge is 2.47. The Hall–Kier alpha value is -0.870. The topological polar surface area (TPSA) is 74.9 Å². The van der Waals surface area contributed by atoms with Gasteiger partial charge in [-0.3, -0.25) is 5.10 Å². The van der Waals surface area contributed by atoms with Crippen molar-refractivity contribution in [1.82, 2.24) is 10.2 Å². The van der Waals surface area contributed by atoms with Gasteiger partial charge in [0.05, 0.1) is 11.8 Å². The number of hydrogen-bond donors (Lipinski definition) is 3. The molecule has 88 valence electrons. The van der Waals surface area contributed by atoms with Crippen molar-refractivity contribution in [1.29, 1.82) is 0 Å². The number of nitrogens with two attached hydrogens (primary N) is 1. The Morgan fingerprint density at radius 1 is 1.38 bits per heavy atom. The maximum absolute atomic E-state index is 9.52. The number of fused-ring (bicyclic) bond motifs is 1. The van der Waals surface area contributed by atoms with Crippen LogP contribution in [0.15, 0.2) is 0 Å². The molecule has 0 spiro atoms. The first-order valence-corrected chi connectivity index (χ1v) is 6.20. The van der Waals surface area contributed by atoms with Gasteiger partial charge in [-0.1, -0.05) is 0 Å². The van der Waals surface area contributed by atoms with Crippen LogP contribution in [-0.4, -0.2) is 28.0 Å². The van der Waals surface area contributed by atoms with Crippen LogP contribution in [0.3, 0.4) is 0 Å². The number of nitrogens with zero attached hydrogens (tertiary/aromatic N) is 1. The number of H-pyrrole nitrogens is 1. The highest BCUT2D eigenvalue weighted by atomic mass is 16.3. The summed E-state index contributed by atoms with van der Waals surface area (Å²) in [5, 5.41) is 17.2. The second-order valence-corrected chi connectivity index (χ2v) is 5.28. The van der Waals surface area contributed by atoms with Crippen LogP contribution >= 0.6 is 0 Å². The van der Waals surface area contributed by atoms with Gasteiger partial charge in [0, 0.05) is 17.7 Å². The molecule has 1 aromatic heterocycles. The molecule has 1 heterocycles. The molecule has 2 aliphatic rings. The molecule has 0 amide bonds. The molecule has 4 N–H and O–H groups in total. The minimum Gasteiger partial charge on any atom is -0.393 e. The Labute approximate surface area is 95.2 Å². The summed E-state index contributed by atoms with van der Waals surface area (Å²) in [7, 11) is 0. The molecule has 2 aliphatic carbocycles. The van der Waals surface area contributed by atoms with Crippen molar-refractivity contribution in [3.05, 3.63) is 17.0 Å². The zero-order chi connectivity index (χ0) is 11.2. The average Bonchev–Trinajstić information content (AvgIpc) is 2.68. The zero-order valence-corrected chi connectivity index (χ0v) is 9.50. The molecule has 0 bridgehead atoms. The Balaban J connectivity index is 1.96. The lowest BCUT2D eigenvalue weighted by Gasteiger charge is -2.44. The summed E-state index contributed by atoms with van der Waals surface area (Å²) in [5.74, 6) is 0. The first-order chi connectivity index (χ1) is 7.75. The summed E-state index contributed by atoms with van der Waals surface area (Å²) in [5.41, 5.74) is 9.69. The van der Waals surface area contributed by atoms with E-state index in [0.717, 1.165) is 31.4 Å². The van der Waals surface area contributed by atoms with E-state index in [0.29, 0.717) is 6.54 Å². The minimum absolute atomic E-state index is 0.0408. The van der Waals surface area contributed by atoms with Gasteiger partial charge in [-0.05, 0) is 44.1 Å². The first-order valence-electron chi connectivity index (χ1n) is 6.20. The molecule has 4 heteroatoms. The Kier molecular flexibility index (Phi) is 2.30. The van der Waals surface area contributed by atoms with E-state index >= 15 is 0 Å². The van der Waals surface area contributed by atoms with Crippen LogP contribution in [0.1, 0.15) is 42.6 Å². The number of aromatic amines is 1. The number of nitrogens with one attached hydrogen (secondary N) is 1. The predicted molar refractivity (Wildman–Crippen MR) is 61.2 cm³/mol. The summed E-state index contributed by atoms with van der Waals surface area (Å²) in [6.45, 7) is 0.599. The molecule has 0 radical (unpaired) electrons. The van der Waals surface area contributed by atoms with Crippen LogP contribution in [0.2, 0.25) is 0 Å². The fourth-order valence-electron chi connectivity index (χ4n) is 3.22. The molecule has 0 saturated heterocycles. The lowest BCUT2D eigenvalue weighted by molar-refractivity contribution is 0.0196. The van der Waals surface area contributed by atoms with E-state index in [1.807, 2.05) is 0 Å². The SMILES string of the molecule is NCC1(c2n[nH]c3c2CCCC3)CC(O)C1. The molecule has 0 unspecified atom stereocenters. The van der Waals surface area contributed by atoms with E-state index in [2.05, 4.69) is 10.2 Å². The van der Waals surface area contributed by atoms with Crippen LogP contribution in [0.25, 0.3) is 0 Å². The van der Waals surface area contributed by atoms with Crippen LogP contribution in [-0.2, 0) is 18.3 Å². The highest BCUT2D eigenvalue weighted by Crippen LogP contribution is 2.44. The van der Waals surface area contributed by atoms with Crippen LogP contribution in [0.4, 0.5) is 0 Å². The Morgan fingerprint density at radius 3 is 2.81 bits per heavy atom. The lowest BCUT2D eigenvalue weighted by atomic mass is 9.63. The molecule has 0 aromatic carbocycles. The van der Waals surface area contributed by atoms with Gasteiger partial charge in [-0.2, -0.15) is 5.10 Å². The normalized spacial score (nSPS) is 33.2. The summed E-state index contributed by atoms with van der Waals surface area (Å²) < 4.78 is 0. The predicted octanol–water partition coefficient (Wildman–Crippen LogP) is 0.640. The maximum atomic E-state index is 9.52. The van der Waals surface area contributed by atoms with E-state index in [-0.39, 0.29) is 11.5 Å². The fourth-order valence-corrected chi connectivity index (χ4v) is 3.22. The van der Waals surface area contributed by atoms with Gasteiger partial charge in [0.15, 0.2) is 0 Å². The lowest BCUT2D eigenvalue weighted by Crippen LogP contribution is -2.50. The number of aromatic nitrogens is 2. The zero-order valence-electron chi connectivity index (χ0n) is 9.50. The van der Waals surface area contributed by atoms with Crippen molar-refractivity contribution in [2.75, 3.05) is 6.54 Å². The minimum atomic E-state index is -0.181. The number of aliphatic hydroxyl groups excluding tert-OH is 1. The quantitative estimate of drug-likeness (QED) is 0.686. The Morgan fingerprint density at radius 2 is 2.12 bits per heavy atom. The van der Waals surface area contributed by atoms with Gasteiger partial charge < -0.3 is 10.8 Å².